The Morgan fingerprint density at radius 3 is 2.62 bits per heavy atom. The number of rotatable bonds is 2. The number of nitrogens with two attached hydrogens (primary N) is 1. The summed E-state index contributed by atoms with van der Waals surface area (Å²) in [7, 11) is -3.85. The maximum absolute atomic E-state index is 10.6. The number of aromatic hydroxyl groups is 1. The van der Waals surface area contributed by atoms with Crippen LogP contribution in [0, 0.1) is 0 Å². The van der Waals surface area contributed by atoms with Crippen molar-refractivity contribution < 1.29 is 13.5 Å². The summed E-state index contributed by atoms with van der Waals surface area (Å²) in [6.45, 7) is 0. The van der Waals surface area contributed by atoms with Crippen LogP contribution in [0.4, 0.5) is 5.69 Å². The van der Waals surface area contributed by atoms with Gasteiger partial charge in [0, 0.05) is 0 Å². The molecular weight excluding hydrogens is 260 g/mol. The van der Waals surface area contributed by atoms with E-state index >= 15 is 0 Å². The van der Waals surface area contributed by atoms with Crippen molar-refractivity contribution in [1.29, 1.82) is 0 Å². The van der Waals surface area contributed by atoms with Crippen LogP contribution in [-0.4, -0.2) is 13.5 Å². The van der Waals surface area contributed by atoms with Crippen LogP contribution in [0.15, 0.2) is 22.7 Å². The molecule has 4 N–H and O–H groups in total. The SMILES string of the molecule is NS(=O)(=O)Nc1cccc(Br)c1O. The molecule has 0 saturated heterocycles. The van der Waals surface area contributed by atoms with Crippen molar-refractivity contribution in [2.24, 2.45) is 5.14 Å². The Bertz CT molecular complexity index is 418. The highest BCUT2D eigenvalue weighted by Gasteiger charge is 2.08. The fourth-order valence-corrected chi connectivity index (χ4v) is 1.59. The second kappa shape index (κ2) is 3.52. The van der Waals surface area contributed by atoms with Gasteiger partial charge >= 0.3 is 0 Å². The number of benzene rings is 1. The van der Waals surface area contributed by atoms with Crippen molar-refractivity contribution in [2.75, 3.05) is 4.72 Å². The van der Waals surface area contributed by atoms with Crippen molar-refractivity contribution in [3.05, 3.63) is 22.7 Å². The van der Waals surface area contributed by atoms with Gasteiger partial charge in [-0.15, -0.1) is 0 Å². The van der Waals surface area contributed by atoms with Gasteiger partial charge in [0.1, 0.15) is 0 Å². The van der Waals surface area contributed by atoms with Crippen molar-refractivity contribution in [1.82, 2.24) is 0 Å². The first-order valence-electron chi connectivity index (χ1n) is 3.18. The zero-order valence-electron chi connectivity index (χ0n) is 6.36. The van der Waals surface area contributed by atoms with E-state index < -0.39 is 10.2 Å². The molecular formula is C6H7BrN2O3S. The molecule has 0 bridgehead atoms. The Morgan fingerprint density at radius 1 is 1.46 bits per heavy atom. The van der Waals surface area contributed by atoms with Crippen LogP contribution in [0.2, 0.25) is 0 Å². The zero-order chi connectivity index (χ0) is 10.1. The third-order valence-electron chi connectivity index (χ3n) is 1.24. The lowest BCUT2D eigenvalue weighted by Crippen LogP contribution is -2.21. The summed E-state index contributed by atoms with van der Waals surface area (Å²) in [6.07, 6.45) is 0. The summed E-state index contributed by atoms with van der Waals surface area (Å²) in [5.74, 6) is -0.198. The van der Waals surface area contributed by atoms with Gasteiger partial charge in [0.25, 0.3) is 10.2 Å². The Hall–Kier alpha value is -0.790. The fraction of sp³-hybridized carbons (Fsp3) is 0. The van der Waals surface area contributed by atoms with Crippen LogP contribution in [0.1, 0.15) is 0 Å². The number of phenols is 1. The first-order valence-corrected chi connectivity index (χ1v) is 5.52. The molecule has 0 amide bonds. The Morgan fingerprint density at radius 2 is 2.08 bits per heavy atom. The van der Waals surface area contributed by atoms with Gasteiger partial charge < -0.3 is 5.11 Å². The Kier molecular flexibility index (Phi) is 2.79. The summed E-state index contributed by atoms with van der Waals surface area (Å²) < 4.78 is 23.6. The lowest BCUT2D eigenvalue weighted by atomic mass is 10.3. The molecule has 0 spiro atoms. The van der Waals surface area contributed by atoms with E-state index in [4.69, 9.17) is 5.14 Å². The molecule has 0 unspecified atom stereocenters. The molecule has 1 aromatic carbocycles. The monoisotopic (exact) mass is 266 g/mol. The molecule has 0 aliphatic carbocycles. The number of anilines is 1. The third-order valence-corrected chi connectivity index (χ3v) is 2.38. The molecule has 0 aromatic heterocycles. The van der Waals surface area contributed by atoms with Gasteiger partial charge in [-0.25, -0.2) is 5.14 Å². The number of hydrogen-bond acceptors (Lipinski definition) is 3. The maximum atomic E-state index is 10.6. The van der Waals surface area contributed by atoms with Crippen LogP contribution >= 0.6 is 15.9 Å². The largest absolute Gasteiger partial charge is 0.505 e. The van der Waals surface area contributed by atoms with Crippen LogP contribution in [0.25, 0.3) is 0 Å². The van der Waals surface area contributed by atoms with E-state index in [1.807, 2.05) is 4.72 Å². The molecule has 13 heavy (non-hydrogen) atoms. The van der Waals surface area contributed by atoms with E-state index in [9.17, 15) is 13.5 Å². The molecule has 7 heteroatoms. The summed E-state index contributed by atoms with van der Waals surface area (Å²) in [6, 6.07) is 4.53. The second-order valence-corrected chi connectivity index (χ2v) is 4.43. The van der Waals surface area contributed by atoms with E-state index in [0.29, 0.717) is 4.47 Å². The quantitative estimate of drug-likeness (QED) is 0.691. The summed E-state index contributed by atoms with van der Waals surface area (Å²) in [5, 5.41) is 14.1. The van der Waals surface area contributed by atoms with Gasteiger partial charge in [0.2, 0.25) is 0 Å². The topological polar surface area (TPSA) is 92.4 Å². The highest BCUT2D eigenvalue weighted by atomic mass is 79.9. The maximum Gasteiger partial charge on any atom is 0.296 e. The average molecular weight is 267 g/mol. The third kappa shape index (κ3) is 2.87. The fourth-order valence-electron chi connectivity index (χ4n) is 0.751. The van der Waals surface area contributed by atoms with E-state index in [2.05, 4.69) is 15.9 Å². The van der Waals surface area contributed by atoms with Crippen LogP contribution in [0.5, 0.6) is 5.75 Å². The zero-order valence-corrected chi connectivity index (χ0v) is 8.76. The highest BCUT2D eigenvalue weighted by Crippen LogP contribution is 2.31. The molecule has 1 aromatic rings. The number of nitrogens with one attached hydrogen (secondary N) is 1. The standard InChI is InChI=1S/C6H7BrN2O3S/c7-4-2-1-3-5(6(4)10)9-13(8,11)12/h1-3,9-10H,(H2,8,11,12). The molecule has 5 nitrogen and oxygen atoms in total. The van der Waals surface area contributed by atoms with Gasteiger partial charge in [0.05, 0.1) is 10.2 Å². The first kappa shape index (κ1) is 10.3. The van der Waals surface area contributed by atoms with E-state index in [1.54, 1.807) is 12.1 Å². The number of para-hydroxylation sites is 1. The summed E-state index contributed by atoms with van der Waals surface area (Å²) in [5.41, 5.74) is 0.0388. The smallest absolute Gasteiger partial charge is 0.296 e. The number of hydrogen-bond donors (Lipinski definition) is 3. The van der Waals surface area contributed by atoms with Gasteiger partial charge in [-0.2, -0.15) is 8.42 Å². The minimum Gasteiger partial charge on any atom is -0.505 e. The molecule has 0 fully saturated rings. The van der Waals surface area contributed by atoms with Gasteiger partial charge in [-0.05, 0) is 28.1 Å². The van der Waals surface area contributed by atoms with Crippen molar-refractivity contribution in [3.63, 3.8) is 0 Å². The molecule has 0 radical (unpaired) electrons. The van der Waals surface area contributed by atoms with E-state index in [0.717, 1.165) is 0 Å². The average Bonchev–Trinajstić information content (AvgIpc) is 1.96. The molecule has 0 atom stereocenters. The Balaban J connectivity index is 3.10. The van der Waals surface area contributed by atoms with Gasteiger partial charge in [-0.3, -0.25) is 4.72 Å². The molecule has 1 rings (SSSR count). The highest BCUT2D eigenvalue weighted by molar-refractivity contribution is 9.10. The molecule has 72 valence electrons. The van der Waals surface area contributed by atoms with Gasteiger partial charge in [-0.1, -0.05) is 6.07 Å². The van der Waals surface area contributed by atoms with Crippen molar-refractivity contribution in [2.45, 2.75) is 0 Å². The lowest BCUT2D eigenvalue weighted by molar-refractivity contribution is 0.474. The molecule has 0 heterocycles. The summed E-state index contributed by atoms with van der Waals surface area (Å²) in [4.78, 5) is 0. The lowest BCUT2D eigenvalue weighted by Gasteiger charge is -2.06. The van der Waals surface area contributed by atoms with Crippen LogP contribution < -0.4 is 9.86 Å². The molecule has 0 aliphatic rings. The van der Waals surface area contributed by atoms with Crippen molar-refractivity contribution >= 4 is 31.8 Å². The van der Waals surface area contributed by atoms with Crippen LogP contribution in [-0.2, 0) is 10.2 Å². The predicted octanol–water partition coefficient (Wildman–Crippen LogP) is 0.770. The van der Waals surface area contributed by atoms with Gasteiger partial charge in [0.15, 0.2) is 5.75 Å². The summed E-state index contributed by atoms with van der Waals surface area (Å²) >= 11 is 3.03. The molecule has 0 saturated carbocycles. The number of phenolic OH excluding ortho intramolecular Hbond substituents is 1. The first-order chi connectivity index (χ1) is 5.90. The minimum atomic E-state index is -3.85. The Labute approximate surface area is 83.9 Å². The minimum absolute atomic E-state index is 0.0388. The second-order valence-electron chi connectivity index (χ2n) is 2.28. The van der Waals surface area contributed by atoms with E-state index in [1.165, 1.54) is 6.07 Å². The molecule has 0 aliphatic heterocycles. The van der Waals surface area contributed by atoms with E-state index in [-0.39, 0.29) is 11.4 Å². The van der Waals surface area contributed by atoms with Crippen LogP contribution in [0.3, 0.4) is 0 Å². The number of halogens is 1. The van der Waals surface area contributed by atoms with Crippen molar-refractivity contribution in [3.8, 4) is 5.75 Å². The predicted molar refractivity (Wildman–Crippen MR) is 52.5 cm³/mol. The normalized spacial score (nSPS) is 11.2.